The summed E-state index contributed by atoms with van der Waals surface area (Å²) in [6.45, 7) is 0. The van der Waals surface area contributed by atoms with Crippen molar-refractivity contribution < 1.29 is 48.3 Å². The van der Waals surface area contributed by atoms with Crippen LogP contribution in [0.4, 0.5) is 0 Å². The highest BCUT2D eigenvalue weighted by atomic mass is 16.7. The van der Waals surface area contributed by atoms with Crippen LogP contribution in [-0.4, -0.2) is 72.2 Å². The first kappa shape index (κ1) is 27.0. The van der Waals surface area contributed by atoms with Gasteiger partial charge >= 0.3 is 17.9 Å². The van der Waals surface area contributed by atoms with Crippen LogP contribution in [0.1, 0.15) is 31.1 Å². The predicted octanol–water partition coefficient (Wildman–Crippen LogP) is 2.35. The molecule has 4 rings (SSSR count). The molecule has 1 aliphatic rings. The molecule has 10 heteroatoms. The van der Waals surface area contributed by atoms with E-state index in [1.165, 1.54) is 43.5 Å². The van der Waals surface area contributed by atoms with Crippen LogP contribution in [0.5, 0.6) is 0 Å². The summed E-state index contributed by atoms with van der Waals surface area (Å²) in [6.07, 6.45) is -9.81. The molecule has 10 nitrogen and oxygen atoms in total. The van der Waals surface area contributed by atoms with Crippen LogP contribution in [0.2, 0.25) is 0 Å². The Kier molecular flexibility index (Phi) is 8.82. The summed E-state index contributed by atoms with van der Waals surface area (Å²) in [4.78, 5) is 38.2. The number of esters is 3. The predicted molar refractivity (Wildman–Crippen MR) is 131 cm³/mol. The van der Waals surface area contributed by atoms with Gasteiger partial charge in [-0.15, -0.1) is 0 Å². The molecule has 2 N–H and O–H groups in total. The van der Waals surface area contributed by atoms with Gasteiger partial charge in [0.05, 0.1) is 16.7 Å². The Hall–Kier alpha value is -4.09. The topological polar surface area (TPSA) is 138 Å². The van der Waals surface area contributed by atoms with E-state index in [2.05, 4.69) is 0 Å². The zero-order chi connectivity index (χ0) is 27.1. The molecule has 1 aliphatic heterocycles. The standard InChI is InChI=1S/C28H26O10/c1-34-28-23(36-25(31)18-13-7-3-8-14-18)21(35-24(30)17-11-5-2-6-12-17)20(29)22(37-28)27(33)38-26(32)19-15-9-4-10-16-19/h2-16,20-23,27-29,33H,1H3. The number of ether oxygens (including phenoxy) is 5. The lowest BCUT2D eigenvalue weighted by Crippen LogP contribution is -2.63. The van der Waals surface area contributed by atoms with Crippen LogP contribution in [0.25, 0.3) is 0 Å². The van der Waals surface area contributed by atoms with Gasteiger partial charge in [-0.3, -0.25) is 0 Å². The van der Waals surface area contributed by atoms with Crippen LogP contribution in [0.15, 0.2) is 91.0 Å². The smallest absolute Gasteiger partial charge is 0.340 e. The third-order valence-corrected chi connectivity index (χ3v) is 5.81. The number of benzene rings is 3. The van der Waals surface area contributed by atoms with E-state index < -0.39 is 54.9 Å². The Bertz CT molecular complexity index is 1220. The molecule has 38 heavy (non-hydrogen) atoms. The minimum Gasteiger partial charge on any atom is -0.452 e. The second-order valence-corrected chi connectivity index (χ2v) is 8.33. The van der Waals surface area contributed by atoms with Crippen LogP contribution >= 0.6 is 0 Å². The maximum absolute atomic E-state index is 12.9. The van der Waals surface area contributed by atoms with Crippen LogP contribution in [-0.2, 0) is 23.7 Å². The summed E-state index contributed by atoms with van der Waals surface area (Å²) in [7, 11) is 1.24. The highest BCUT2D eigenvalue weighted by molar-refractivity contribution is 5.90. The van der Waals surface area contributed by atoms with Gasteiger partial charge in [-0.25, -0.2) is 14.4 Å². The zero-order valence-corrected chi connectivity index (χ0v) is 20.3. The van der Waals surface area contributed by atoms with Crippen molar-refractivity contribution in [3.05, 3.63) is 108 Å². The van der Waals surface area contributed by atoms with Crippen molar-refractivity contribution in [3.63, 3.8) is 0 Å². The maximum Gasteiger partial charge on any atom is 0.340 e. The van der Waals surface area contributed by atoms with E-state index in [4.69, 9.17) is 23.7 Å². The molecule has 6 unspecified atom stereocenters. The van der Waals surface area contributed by atoms with Crippen molar-refractivity contribution in [2.75, 3.05) is 7.11 Å². The molecule has 1 heterocycles. The highest BCUT2D eigenvalue weighted by Gasteiger charge is 2.53. The van der Waals surface area contributed by atoms with Crippen molar-refractivity contribution >= 4 is 17.9 Å². The van der Waals surface area contributed by atoms with Crippen molar-refractivity contribution in [3.8, 4) is 0 Å². The minimum absolute atomic E-state index is 0.155. The van der Waals surface area contributed by atoms with Gasteiger partial charge in [-0.2, -0.15) is 0 Å². The highest BCUT2D eigenvalue weighted by Crippen LogP contribution is 2.30. The van der Waals surface area contributed by atoms with E-state index >= 15 is 0 Å². The van der Waals surface area contributed by atoms with E-state index in [0.29, 0.717) is 0 Å². The van der Waals surface area contributed by atoms with E-state index in [1.54, 1.807) is 54.6 Å². The fourth-order valence-corrected chi connectivity index (χ4v) is 3.88. The van der Waals surface area contributed by atoms with E-state index in [0.717, 1.165) is 0 Å². The summed E-state index contributed by atoms with van der Waals surface area (Å²) in [5, 5.41) is 21.8. The van der Waals surface area contributed by atoms with E-state index in [9.17, 15) is 24.6 Å². The Labute approximate surface area is 218 Å². The molecule has 0 aliphatic carbocycles. The number of methoxy groups -OCH3 is 1. The molecule has 0 aromatic heterocycles. The molecule has 0 amide bonds. The molecule has 0 spiro atoms. The fourth-order valence-electron chi connectivity index (χ4n) is 3.88. The van der Waals surface area contributed by atoms with E-state index in [-0.39, 0.29) is 16.7 Å². The third-order valence-electron chi connectivity index (χ3n) is 5.81. The molecule has 1 saturated heterocycles. The van der Waals surface area contributed by atoms with Gasteiger partial charge in [0.25, 0.3) is 0 Å². The first-order valence-corrected chi connectivity index (χ1v) is 11.7. The fraction of sp³-hybridized carbons (Fsp3) is 0.250. The summed E-state index contributed by atoms with van der Waals surface area (Å²) >= 11 is 0. The monoisotopic (exact) mass is 522 g/mol. The maximum atomic E-state index is 12.9. The van der Waals surface area contributed by atoms with Crippen molar-refractivity contribution in [2.24, 2.45) is 0 Å². The van der Waals surface area contributed by atoms with Crippen molar-refractivity contribution in [1.29, 1.82) is 0 Å². The molecule has 0 bridgehead atoms. The number of hydrogen-bond donors (Lipinski definition) is 2. The van der Waals surface area contributed by atoms with Crippen LogP contribution in [0.3, 0.4) is 0 Å². The molecule has 0 radical (unpaired) electrons. The van der Waals surface area contributed by atoms with E-state index in [1.807, 2.05) is 0 Å². The number of carbonyl (C=O) groups excluding carboxylic acids is 3. The molecule has 6 atom stereocenters. The normalized spacial score (nSPS) is 23.6. The van der Waals surface area contributed by atoms with Gasteiger partial charge in [0.1, 0.15) is 6.10 Å². The summed E-state index contributed by atoms with van der Waals surface area (Å²) < 4.78 is 27.2. The number of aliphatic hydroxyl groups is 2. The number of hydrogen-bond acceptors (Lipinski definition) is 10. The largest absolute Gasteiger partial charge is 0.452 e. The van der Waals surface area contributed by atoms with Gasteiger partial charge < -0.3 is 33.9 Å². The molecule has 198 valence electrons. The Morgan fingerprint density at radius 3 is 1.58 bits per heavy atom. The lowest BCUT2D eigenvalue weighted by Gasteiger charge is -2.43. The lowest BCUT2D eigenvalue weighted by molar-refractivity contribution is -0.320. The van der Waals surface area contributed by atoms with Crippen LogP contribution < -0.4 is 0 Å². The first-order chi connectivity index (χ1) is 18.4. The Morgan fingerprint density at radius 1 is 0.711 bits per heavy atom. The average molecular weight is 523 g/mol. The summed E-state index contributed by atoms with van der Waals surface area (Å²) in [5.74, 6) is -2.50. The van der Waals surface area contributed by atoms with Gasteiger partial charge in [-0.1, -0.05) is 54.6 Å². The molecule has 1 fully saturated rings. The van der Waals surface area contributed by atoms with Crippen molar-refractivity contribution in [1.82, 2.24) is 0 Å². The van der Waals surface area contributed by atoms with Gasteiger partial charge in [0.2, 0.25) is 6.29 Å². The second-order valence-electron chi connectivity index (χ2n) is 8.33. The van der Waals surface area contributed by atoms with Crippen LogP contribution in [0, 0.1) is 0 Å². The summed E-state index contributed by atoms with van der Waals surface area (Å²) in [5.41, 5.74) is 0.520. The third kappa shape index (κ3) is 6.24. The molecular formula is C28H26O10. The van der Waals surface area contributed by atoms with Crippen molar-refractivity contribution in [2.45, 2.75) is 37.0 Å². The molecule has 3 aromatic carbocycles. The van der Waals surface area contributed by atoms with Gasteiger partial charge in [-0.05, 0) is 36.4 Å². The van der Waals surface area contributed by atoms with Gasteiger partial charge in [0.15, 0.2) is 24.6 Å². The van der Waals surface area contributed by atoms with Gasteiger partial charge in [0, 0.05) is 7.11 Å². The number of carbonyl (C=O) groups is 3. The quantitative estimate of drug-likeness (QED) is 0.258. The first-order valence-electron chi connectivity index (χ1n) is 11.7. The second kappa shape index (κ2) is 12.4. The molecule has 0 saturated carbocycles. The Balaban J connectivity index is 1.59. The molecule has 3 aromatic rings. The number of aliphatic hydroxyl groups excluding tert-OH is 2. The molecular weight excluding hydrogens is 496 g/mol. The average Bonchev–Trinajstić information content (AvgIpc) is 2.96. The Morgan fingerprint density at radius 2 is 1.13 bits per heavy atom. The summed E-state index contributed by atoms with van der Waals surface area (Å²) in [6, 6.07) is 23.9. The lowest BCUT2D eigenvalue weighted by atomic mass is 9.97. The number of rotatable bonds is 8. The minimum atomic E-state index is -1.99. The SMILES string of the molecule is COC1OC(C(O)OC(=O)c2ccccc2)C(O)C(OC(=O)c2ccccc2)C1OC(=O)c1ccccc1. The zero-order valence-electron chi connectivity index (χ0n) is 20.3.